The number of piperidine rings is 1. The van der Waals surface area contributed by atoms with E-state index >= 15 is 0 Å². The van der Waals surface area contributed by atoms with E-state index in [9.17, 15) is 4.79 Å². The van der Waals surface area contributed by atoms with Crippen molar-refractivity contribution >= 4 is 11.9 Å². The highest BCUT2D eigenvalue weighted by atomic mass is 16.5. The Hall–Kier alpha value is -2.84. The van der Waals surface area contributed by atoms with Gasteiger partial charge in [-0.3, -0.25) is 14.9 Å². The summed E-state index contributed by atoms with van der Waals surface area (Å²) in [6.45, 7) is 4.14. The Labute approximate surface area is 151 Å². The number of likely N-dealkylation sites (tertiary alicyclic amines) is 1. The van der Waals surface area contributed by atoms with Gasteiger partial charge in [0.1, 0.15) is 5.82 Å². The molecule has 2 aromatic rings. The number of carbonyl (C=O) groups excluding carboxylic acids is 1. The van der Waals surface area contributed by atoms with E-state index in [-0.39, 0.29) is 11.9 Å². The second kappa shape index (κ2) is 8.50. The van der Waals surface area contributed by atoms with Crippen molar-refractivity contribution in [2.75, 3.05) is 26.7 Å². The number of H-pyrrole nitrogens is 1. The number of aromatic amines is 1. The molecule has 3 rings (SSSR count). The molecule has 0 aliphatic carbocycles. The summed E-state index contributed by atoms with van der Waals surface area (Å²) in [6.07, 6.45) is 3.36. The van der Waals surface area contributed by atoms with Crippen molar-refractivity contribution in [3.63, 3.8) is 0 Å². The molecule has 0 spiro atoms. The number of hydrogen-bond acceptors (Lipinski definition) is 6. The first kappa shape index (κ1) is 18.0. The van der Waals surface area contributed by atoms with E-state index in [0.717, 1.165) is 25.3 Å². The first-order valence-corrected chi connectivity index (χ1v) is 8.78. The van der Waals surface area contributed by atoms with E-state index in [4.69, 9.17) is 9.15 Å². The zero-order valence-electron chi connectivity index (χ0n) is 15.1. The van der Waals surface area contributed by atoms with Crippen molar-refractivity contribution in [1.29, 1.82) is 0 Å². The van der Waals surface area contributed by atoms with Crippen LogP contribution in [0.1, 0.15) is 25.6 Å². The smallest absolute Gasteiger partial charge is 0.310 e. The summed E-state index contributed by atoms with van der Waals surface area (Å²) in [5.74, 6) is 2.29. The Balaban J connectivity index is 1.57. The molecule has 1 saturated heterocycles. The van der Waals surface area contributed by atoms with E-state index < -0.39 is 0 Å². The Bertz CT molecular complexity index is 740. The summed E-state index contributed by atoms with van der Waals surface area (Å²) >= 11 is 0. The number of nitrogens with zero attached hydrogens (tertiary/aromatic N) is 4. The van der Waals surface area contributed by atoms with Crippen LogP contribution in [-0.2, 0) is 16.1 Å². The predicted octanol–water partition coefficient (Wildman–Crippen LogP) is 1.42. The zero-order chi connectivity index (χ0) is 18.4. The van der Waals surface area contributed by atoms with Crippen molar-refractivity contribution in [2.24, 2.45) is 10.9 Å². The third-order valence-electron chi connectivity index (χ3n) is 4.24. The van der Waals surface area contributed by atoms with Gasteiger partial charge in [-0.2, -0.15) is 0 Å². The Morgan fingerprint density at radius 3 is 3.19 bits per heavy atom. The molecule has 0 unspecified atom stereocenters. The van der Waals surface area contributed by atoms with E-state index in [1.54, 1.807) is 19.4 Å². The molecule has 1 aliphatic rings. The van der Waals surface area contributed by atoms with Crippen LogP contribution in [0.25, 0.3) is 11.6 Å². The molecule has 1 atom stereocenters. The third-order valence-corrected chi connectivity index (χ3v) is 4.24. The van der Waals surface area contributed by atoms with Gasteiger partial charge >= 0.3 is 5.97 Å². The molecular weight excluding hydrogens is 336 g/mol. The summed E-state index contributed by atoms with van der Waals surface area (Å²) < 4.78 is 10.4. The quantitative estimate of drug-likeness (QED) is 0.471. The molecule has 0 aromatic carbocycles. The fourth-order valence-electron chi connectivity index (χ4n) is 3.01. The van der Waals surface area contributed by atoms with Crippen LogP contribution in [0.15, 0.2) is 27.8 Å². The SMILES string of the molecule is CCOC(=O)[C@H]1CCCN(C(=NC)NCc2nc(-c3ccco3)n[nH]2)C1. The zero-order valence-corrected chi connectivity index (χ0v) is 15.1. The van der Waals surface area contributed by atoms with E-state index in [0.29, 0.717) is 37.1 Å². The molecule has 140 valence electrons. The van der Waals surface area contributed by atoms with Gasteiger partial charge < -0.3 is 19.4 Å². The topological polar surface area (TPSA) is 109 Å². The Morgan fingerprint density at radius 1 is 1.58 bits per heavy atom. The molecular formula is C17H24N6O3. The number of rotatable bonds is 5. The molecule has 2 N–H and O–H groups in total. The minimum absolute atomic E-state index is 0.113. The lowest BCUT2D eigenvalue weighted by Crippen LogP contribution is -2.48. The van der Waals surface area contributed by atoms with Crippen LogP contribution in [-0.4, -0.2) is 58.8 Å². The second-order valence-electron chi connectivity index (χ2n) is 6.02. The van der Waals surface area contributed by atoms with Crippen molar-refractivity contribution < 1.29 is 13.9 Å². The van der Waals surface area contributed by atoms with Crippen LogP contribution in [0.3, 0.4) is 0 Å². The number of aromatic nitrogens is 3. The number of esters is 1. The van der Waals surface area contributed by atoms with Gasteiger partial charge in [-0.05, 0) is 31.9 Å². The Morgan fingerprint density at radius 2 is 2.46 bits per heavy atom. The predicted molar refractivity (Wildman–Crippen MR) is 95.2 cm³/mol. The third kappa shape index (κ3) is 4.22. The molecule has 3 heterocycles. The molecule has 0 amide bonds. The highest BCUT2D eigenvalue weighted by molar-refractivity contribution is 5.81. The van der Waals surface area contributed by atoms with E-state index in [2.05, 4.69) is 30.4 Å². The fraction of sp³-hybridized carbons (Fsp3) is 0.529. The van der Waals surface area contributed by atoms with Crippen molar-refractivity contribution in [3.8, 4) is 11.6 Å². The maximum absolute atomic E-state index is 12.0. The number of carbonyl (C=O) groups is 1. The van der Waals surface area contributed by atoms with Gasteiger partial charge in [0.2, 0.25) is 5.82 Å². The molecule has 0 bridgehead atoms. The molecule has 26 heavy (non-hydrogen) atoms. The lowest BCUT2D eigenvalue weighted by Gasteiger charge is -2.33. The largest absolute Gasteiger partial charge is 0.466 e. The van der Waals surface area contributed by atoms with Crippen molar-refractivity contribution in [2.45, 2.75) is 26.3 Å². The highest BCUT2D eigenvalue weighted by Gasteiger charge is 2.28. The van der Waals surface area contributed by atoms with Gasteiger partial charge in [-0.15, -0.1) is 5.10 Å². The number of nitrogens with one attached hydrogen (secondary N) is 2. The van der Waals surface area contributed by atoms with E-state index in [1.807, 2.05) is 13.0 Å². The summed E-state index contributed by atoms with van der Waals surface area (Å²) in [6, 6.07) is 3.60. The van der Waals surface area contributed by atoms with Crippen LogP contribution >= 0.6 is 0 Å². The molecule has 0 radical (unpaired) electrons. The molecule has 1 fully saturated rings. The molecule has 9 heteroatoms. The minimum Gasteiger partial charge on any atom is -0.466 e. The maximum Gasteiger partial charge on any atom is 0.310 e. The van der Waals surface area contributed by atoms with Crippen LogP contribution < -0.4 is 5.32 Å². The molecule has 0 saturated carbocycles. The lowest BCUT2D eigenvalue weighted by molar-refractivity contribution is -0.149. The number of ether oxygens (including phenoxy) is 1. The number of aliphatic imine (C=N–C) groups is 1. The van der Waals surface area contributed by atoms with Crippen LogP contribution in [0.5, 0.6) is 0 Å². The van der Waals surface area contributed by atoms with Crippen LogP contribution in [0, 0.1) is 5.92 Å². The summed E-state index contributed by atoms with van der Waals surface area (Å²) in [7, 11) is 1.73. The molecule has 9 nitrogen and oxygen atoms in total. The molecule has 1 aliphatic heterocycles. The summed E-state index contributed by atoms with van der Waals surface area (Å²) in [5, 5.41) is 10.3. The first-order chi connectivity index (χ1) is 12.7. The first-order valence-electron chi connectivity index (χ1n) is 8.78. The standard InChI is InChI=1S/C17H24N6O3/c1-3-25-16(24)12-6-4-8-23(11-12)17(18-2)19-10-14-20-15(22-21-14)13-7-5-9-26-13/h5,7,9,12H,3-4,6,8,10-11H2,1-2H3,(H,18,19)(H,20,21,22)/t12-/m0/s1. The number of guanidine groups is 1. The van der Waals surface area contributed by atoms with E-state index in [1.165, 1.54) is 0 Å². The fourth-order valence-corrected chi connectivity index (χ4v) is 3.01. The second-order valence-corrected chi connectivity index (χ2v) is 6.02. The van der Waals surface area contributed by atoms with Gasteiger partial charge in [0.05, 0.1) is 25.3 Å². The van der Waals surface area contributed by atoms with Gasteiger partial charge in [-0.25, -0.2) is 4.98 Å². The van der Waals surface area contributed by atoms with Gasteiger partial charge in [0.25, 0.3) is 0 Å². The van der Waals surface area contributed by atoms with Crippen molar-refractivity contribution in [1.82, 2.24) is 25.4 Å². The summed E-state index contributed by atoms with van der Waals surface area (Å²) in [4.78, 5) is 22.8. The monoisotopic (exact) mass is 360 g/mol. The van der Waals surface area contributed by atoms with Gasteiger partial charge in [0.15, 0.2) is 11.7 Å². The van der Waals surface area contributed by atoms with Gasteiger partial charge in [-0.1, -0.05) is 0 Å². The number of hydrogen-bond donors (Lipinski definition) is 2. The Kier molecular flexibility index (Phi) is 5.88. The average molecular weight is 360 g/mol. The normalized spacial score (nSPS) is 18.0. The lowest BCUT2D eigenvalue weighted by atomic mass is 9.98. The number of furan rings is 1. The van der Waals surface area contributed by atoms with Crippen molar-refractivity contribution in [3.05, 3.63) is 24.2 Å². The average Bonchev–Trinajstić information content (AvgIpc) is 3.34. The highest BCUT2D eigenvalue weighted by Crippen LogP contribution is 2.18. The minimum atomic E-state index is -0.133. The molecule has 2 aromatic heterocycles. The van der Waals surface area contributed by atoms with Crippen LogP contribution in [0.2, 0.25) is 0 Å². The summed E-state index contributed by atoms with van der Waals surface area (Å²) in [5.41, 5.74) is 0. The van der Waals surface area contributed by atoms with Gasteiger partial charge in [0, 0.05) is 20.1 Å². The van der Waals surface area contributed by atoms with Crippen LogP contribution in [0.4, 0.5) is 0 Å². The maximum atomic E-state index is 12.0.